The Kier molecular flexibility index (Phi) is 4.01. The second kappa shape index (κ2) is 5.33. The minimum atomic E-state index is -0.376. The van der Waals surface area contributed by atoms with Gasteiger partial charge >= 0.3 is 0 Å². The third-order valence-electron chi connectivity index (χ3n) is 3.74. The molecule has 1 heterocycles. The molecule has 0 aromatic rings. The summed E-state index contributed by atoms with van der Waals surface area (Å²) in [6.45, 7) is 1.24. The van der Waals surface area contributed by atoms with E-state index in [9.17, 15) is 9.90 Å². The number of carbonyl (C=O) groups is 1. The van der Waals surface area contributed by atoms with E-state index in [-0.39, 0.29) is 18.1 Å². The lowest BCUT2D eigenvalue weighted by molar-refractivity contribution is -0.123. The summed E-state index contributed by atoms with van der Waals surface area (Å²) in [5, 5.41) is 15.4. The van der Waals surface area contributed by atoms with Crippen LogP contribution in [0.15, 0.2) is 0 Å². The van der Waals surface area contributed by atoms with Crippen LogP contribution in [0.2, 0.25) is 0 Å². The summed E-state index contributed by atoms with van der Waals surface area (Å²) < 4.78 is 0. The molecule has 2 fully saturated rings. The highest BCUT2D eigenvalue weighted by molar-refractivity contribution is 5.82. The lowest BCUT2D eigenvalue weighted by atomic mass is 10.1. The van der Waals surface area contributed by atoms with Gasteiger partial charge in [-0.3, -0.25) is 4.79 Å². The van der Waals surface area contributed by atoms with Gasteiger partial charge in [-0.05, 0) is 39.3 Å². The maximum absolute atomic E-state index is 11.9. The monoisotopic (exact) mass is 241 g/mol. The second-order valence-electron chi connectivity index (χ2n) is 5.46. The van der Waals surface area contributed by atoms with Crippen LogP contribution in [0.1, 0.15) is 19.3 Å². The fourth-order valence-corrected chi connectivity index (χ4v) is 2.50. The minimum absolute atomic E-state index is 0.0223. The Morgan fingerprint density at radius 1 is 1.53 bits per heavy atom. The van der Waals surface area contributed by atoms with Crippen molar-refractivity contribution in [3.05, 3.63) is 0 Å². The van der Waals surface area contributed by atoms with E-state index in [2.05, 4.69) is 29.6 Å². The van der Waals surface area contributed by atoms with Gasteiger partial charge in [0.25, 0.3) is 0 Å². The quantitative estimate of drug-likeness (QED) is 0.587. The molecule has 0 bridgehead atoms. The molecule has 1 aliphatic carbocycles. The summed E-state index contributed by atoms with van der Waals surface area (Å²) in [7, 11) is 4.12. The van der Waals surface area contributed by atoms with Crippen LogP contribution in [0.4, 0.5) is 0 Å². The molecule has 1 saturated carbocycles. The van der Waals surface area contributed by atoms with Crippen molar-refractivity contribution >= 4 is 5.91 Å². The minimum Gasteiger partial charge on any atom is -0.392 e. The molecular formula is C12H23N3O2. The Morgan fingerprint density at radius 2 is 2.24 bits per heavy atom. The van der Waals surface area contributed by atoms with Crippen molar-refractivity contribution in [2.24, 2.45) is 5.92 Å². The van der Waals surface area contributed by atoms with E-state index in [4.69, 9.17) is 0 Å². The Labute approximate surface area is 103 Å². The normalized spacial score (nSPS) is 30.6. The SMILES string of the molecule is CN(C)[C@H](CNC(=O)[C@H]1C[C@H](O)CN1)C1CC1. The Bertz CT molecular complexity index is 277. The molecule has 98 valence electrons. The maximum atomic E-state index is 11.9. The van der Waals surface area contributed by atoms with E-state index in [1.807, 2.05) is 0 Å². The topological polar surface area (TPSA) is 64.6 Å². The summed E-state index contributed by atoms with van der Waals surface area (Å²) in [6, 6.07) is 0.234. The average Bonchev–Trinajstić information content (AvgIpc) is 3.00. The first-order valence-electron chi connectivity index (χ1n) is 6.43. The van der Waals surface area contributed by atoms with Crippen LogP contribution in [0, 0.1) is 5.92 Å². The highest BCUT2D eigenvalue weighted by atomic mass is 16.3. The molecule has 17 heavy (non-hydrogen) atoms. The summed E-state index contributed by atoms with van der Waals surface area (Å²) >= 11 is 0. The van der Waals surface area contributed by atoms with Gasteiger partial charge in [-0.15, -0.1) is 0 Å². The highest BCUT2D eigenvalue weighted by Crippen LogP contribution is 2.34. The molecule has 5 nitrogen and oxygen atoms in total. The van der Waals surface area contributed by atoms with Crippen molar-refractivity contribution in [3.63, 3.8) is 0 Å². The first-order chi connectivity index (χ1) is 8.08. The number of aliphatic hydroxyl groups is 1. The number of amides is 1. The molecule has 0 spiro atoms. The number of hydrogen-bond donors (Lipinski definition) is 3. The Balaban J connectivity index is 1.74. The van der Waals surface area contributed by atoms with E-state index >= 15 is 0 Å². The van der Waals surface area contributed by atoms with Gasteiger partial charge in [0.1, 0.15) is 0 Å². The van der Waals surface area contributed by atoms with Crippen LogP contribution in [-0.2, 0) is 4.79 Å². The van der Waals surface area contributed by atoms with Crippen molar-refractivity contribution in [2.45, 2.75) is 37.5 Å². The maximum Gasteiger partial charge on any atom is 0.237 e. The van der Waals surface area contributed by atoms with Gasteiger partial charge in [-0.2, -0.15) is 0 Å². The molecule has 5 heteroatoms. The number of hydrogen-bond acceptors (Lipinski definition) is 4. The molecule has 0 unspecified atom stereocenters. The van der Waals surface area contributed by atoms with Gasteiger partial charge < -0.3 is 20.6 Å². The third kappa shape index (κ3) is 3.40. The molecule has 1 saturated heterocycles. The van der Waals surface area contributed by atoms with Crippen LogP contribution in [0.3, 0.4) is 0 Å². The van der Waals surface area contributed by atoms with Crippen LogP contribution in [0.25, 0.3) is 0 Å². The molecule has 0 aromatic carbocycles. The number of carbonyl (C=O) groups excluding carboxylic acids is 1. The van der Waals surface area contributed by atoms with Gasteiger partial charge in [0, 0.05) is 19.1 Å². The van der Waals surface area contributed by atoms with Crippen molar-refractivity contribution < 1.29 is 9.90 Å². The predicted octanol–water partition coefficient (Wildman–Crippen LogP) is -0.834. The average molecular weight is 241 g/mol. The standard InChI is InChI=1S/C12H23N3O2/c1-15(2)11(8-3-4-8)7-14-12(17)10-5-9(16)6-13-10/h8-11,13,16H,3-7H2,1-2H3,(H,14,17)/t9-,10+,11+/m0/s1. The number of rotatable bonds is 5. The van der Waals surface area contributed by atoms with Crippen LogP contribution in [0.5, 0.6) is 0 Å². The third-order valence-corrected chi connectivity index (χ3v) is 3.74. The molecule has 3 N–H and O–H groups in total. The predicted molar refractivity (Wildman–Crippen MR) is 65.6 cm³/mol. The lowest BCUT2D eigenvalue weighted by Gasteiger charge is -2.25. The zero-order valence-corrected chi connectivity index (χ0v) is 10.6. The fourth-order valence-electron chi connectivity index (χ4n) is 2.50. The summed E-state index contributed by atoms with van der Waals surface area (Å²) in [4.78, 5) is 14.0. The molecule has 0 radical (unpaired) electrons. The molecule has 1 amide bonds. The zero-order chi connectivity index (χ0) is 12.4. The number of aliphatic hydroxyl groups excluding tert-OH is 1. The van der Waals surface area contributed by atoms with Gasteiger partial charge in [0.15, 0.2) is 0 Å². The van der Waals surface area contributed by atoms with E-state index in [0.717, 1.165) is 5.92 Å². The molecule has 0 aromatic heterocycles. The number of nitrogens with zero attached hydrogens (tertiary/aromatic N) is 1. The van der Waals surface area contributed by atoms with E-state index < -0.39 is 0 Å². The van der Waals surface area contributed by atoms with E-state index in [1.54, 1.807) is 0 Å². The fraction of sp³-hybridized carbons (Fsp3) is 0.917. The zero-order valence-electron chi connectivity index (χ0n) is 10.6. The summed E-state index contributed by atoms with van der Waals surface area (Å²) in [6.07, 6.45) is 2.71. The van der Waals surface area contributed by atoms with E-state index in [1.165, 1.54) is 12.8 Å². The Morgan fingerprint density at radius 3 is 2.71 bits per heavy atom. The Hall–Kier alpha value is -0.650. The van der Waals surface area contributed by atoms with Crippen molar-refractivity contribution in [3.8, 4) is 0 Å². The largest absolute Gasteiger partial charge is 0.392 e. The first-order valence-corrected chi connectivity index (χ1v) is 6.43. The van der Waals surface area contributed by atoms with Crippen molar-refractivity contribution in [1.29, 1.82) is 0 Å². The van der Waals surface area contributed by atoms with Gasteiger partial charge in [0.2, 0.25) is 5.91 Å². The highest BCUT2D eigenvalue weighted by Gasteiger charge is 2.34. The smallest absolute Gasteiger partial charge is 0.237 e. The van der Waals surface area contributed by atoms with Gasteiger partial charge in [-0.25, -0.2) is 0 Å². The van der Waals surface area contributed by atoms with Crippen LogP contribution >= 0.6 is 0 Å². The van der Waals surface area contributed by atoms with Gasteiger partial charge in [0.05, 0.1) is 12.1 Å². The molecule has 2 aliphatic rings. The molecule has 1 aliphatic heterocycles. The number of β-amino-alcohol motifs (C(OH)–C–C–N with tert-alkyl or cyclic N) is 1. The van der Waals surface area contributed by atoms with Crippen molar-refractivity contribution in [2.75, 3.05) is 27.2 Å². The van der Waals surface area contributed by atoms with Crippen LogP contribution in [-0.4, -0.2) is 61.3 Å². The molecule has 3 atom stereocenters. The van der Waals surface area contributed by atoms with E-state index in [0.29, 0.717) is 25.6 Å². The lowest BCUT2D eigenvalue weighted by Crippen LogP contribution is -2.47. The number of nitrogens with one attached hydrogen (secondary N) is 2. The number of likely N-dealkylation sites (N-methyl/N-ethyl adjacent to an activating group) is 1. The molecular weight excluding hydrogens is 218 g/mol. The van der Waals surface area contributed by atoms with Crippen LogP contribution < -0.4 is 10.6 Å². The van der Waals surface area contributed by atoms with Crippen molar-refractivity contribution in [1.82, 2.24) is 15.5 Å². The summed E-state index contributed by atoms with van der Waals surface area (Å²) in [5.74, 6) is 0.765. The first kappa shape index (κ1) is 12.8. The second-order valence-corrected chi connectivity index (χ2v) is 5.46. The van der Waals surface area contributed by atoms with Gasteiger partial charge in [-0.1, -0.05) is 0 Å². The summed E-state index contributed by atoms with van der Waals surface area (Å²) in [5.41, 5.74) is 0. The molecule has 2 rings (SSSR count).